The number of hydrogen-bond acceptors (Lipinski definition) is 3. The van der Waals surface area contributed by atoms with E-state index in [0.717, 1.165) is 16.5 Å². The molecular formula is C17H25BrN2O2Si. The minimum Gasteiger partial charge on any atom is -0.410 e. The zero-order valence-corrected chi connectivity index (χ0v) is 17.1. The van der Waals surface area contributed by atoms with E-state index in [1.807, 2.05) is 17.2 Å². The van der Waals surface area contributed by atoms with E-state index < -0.39 is 0 Å². The first kappa shape index (κ1) is 18.6. The fourth-order valence-corrected chi connectivity index (χ4v) is 3.86. The number of aromatic nitrogens is 1. The third-order valence-electron chi connectivity index (χ3n) is 3.87. The van der Waals surface area contributed by atoms with E-state index in [1.165, 1.54) is 0 Å². The van der Waals surface area contributed by atoms with Gasteiger partial charge in [0.1, 0.15) is 0 Å². The molecule has 4 nitrogen and oxygen atoms in total. The SMILES string of the molecule is CC(C)(C)[Si]OC(C)(C)C1CCC(=O)N1Cc1cncc(Br)c1. The van der Waals surface area contributed by atoms with Crippen LogP contribution in [0.4, 0.5) is 0 Å². The molecule has 2 heterocycles. The molecule has 1 aromatic heterocycles. The van der Waals surface area contributed by atoms with Gasteiger partial charge in [0.15, 0.2) is 0 Å². The van der Waals surface area contributed by atoms with Crippen molar-refractivity contribution in [1.29, 1.82) is 0 Å². The highest BCUT2D eigenvalue weighted by molar-refractivity contribution is 9.10. The lowest BCUT2D eigenvalue weighted by Gasteiger charge is -2.39. The molecule has 0 spiro atoms. The van der Waals surface area contributed by atoms with Crippen molar-refractivity contribution in [3.05, 3.63) is 28.5 Å². The van der Waals surface area contributed by atoms with Crippen molar-refractivity contribution in [2.75, 3.05) is 0 Å². The molecule has 0 aromatic carbocycles. The average molecular weight is 397 g/mol. The molecule has 0 N–H and O–H groups in total. The van der Waals surface area contributed by atoms with Crippen LogP contribution in [-0.2, 0) is 15.8 Å². The minimum absolute atomic E-state index is 0.101. The summed E-state index contributed by atoms with van der Waals surface area (Å²) < 4.78 is 7.16. The molecule has 1 fully saturated rings. The molecule has 1 aliphatic rings. The van der Waals surface area contributed by atoms with Crippen molar-refractivity contribution < 1.29 is 9.22 Å². The highest BCUT2D eigenvalue weighted by atomic mass is 79.9. The van der Waals surface area contributed by atoms with E-state index in [2.05, 4.69) is 55.5 Å². The fourth-order valence-electron chi connectivity index (χ4n) is 2.75. The van der Waals surface area contributed by atoms with Gasteiger partial charge in [0.05, 0.1) is 11.6 Å². The number of rotatable bonds is 5. The quantitative estimate of drug-likeness (QED) is 0.707. The van der Waals surface area contributed by atoms with Crippen molar-refractivity contribution in [1.82, 2.24) is 9.88 Å². The van der Waals surface area contributed by atoms with E-state index in [-0.39, 0.29) is 22.6 Å². The monoisotopic (exact) mass is 396 g/mol. The van der Waals surface area contributed by atoms with Gasteiger partial charge in [-0.15, -0.1) is 0 Å². The van der Waals surface area contributed by atoms with Crippen molar-refractivity contribution in [2.24, 2.45) is 0 Å². The van der Waals surface area contributed by atoms with Gasteiger partial charge in [-0.2, -0.15) is 0 Å². The second-order valence-electron chi connectivity index (χ2n) is 7.65. The van der Waals surface area contributed by atoms with Crippen LogP contribution in [0.25, 0.3) is 0 Å². The molecule has 0 aliphatic carbocycles. The molecule has 0 bridgehead atoms. The van der Waals surface area contributed by atoms with Gasteiger partial charge >= 0.3 is 0 Å². The van der Waals surface area contributed by atoms with Crippen molar-refractivity contribution in [2.45, 2.75) is 70.7 Å². The van der Waals surface area contributed by atoms with E-state index in [1.54, 1.807) is 6.20 Å². The summed E-state index contributed by atoms with van der Waals surface area (Å²) in [7, 11) is 0.410. The number of halogens is 1. The summed E-state index contributed by atoms with van der Waals surface area (Å²) in [6.07, 6.45) is 5.02. The number of nitrogens with zero attached hydrogens (tertiary/aromatic N) is 2. The minimum atomic E-state index is -0.350. The van der Waals surface area contributed by atoms with Crippen LogP contribution in [0.3, 0.4) is 0 Å². The summed E-state index contributed by atoms with van der Waals surface area (Å²) in [4.78, 5) is 18.5. The zero-order valence-electron chi connectivity index (χ0n) is 14.5. The second-order valence-corrected chi connectivity index (χ2v) is 10.5. The molecule has 2 radical (unpaired) electrons. The highest BCUT2D eigenvalue weighted by Crippen LogP contribution is 2.33. The lowest BCUT2D eigenvalue weighted by molar-refractivity contribution is -0.132. The van der Waals surface area contributed by atoms with E-state index in [4.69, 9.17) is 4.43 Å². The third kappa shape index (κ3) is 5.13. The molecule has 1 aliphatic heterocycles. The molecule has 1 unspecified atom stereocenters. The van der Waals surface area contributed by atoms with Gasteiger partial charge in [-0.3, -0.25) is 9.78 Å². The average Bonchev–Trinajstić information content (AvgIpc) is 2.78. The van der Waals surface area contributed by atoms with E-state index in [9.17, 15) is 4.79 Å². The van der Waals surface area contributed by atoms with Crippen molar-refractivity contribution in [3.63, 3.8) is 0 Å². The highest BCUT2D eigenvalue weighted by Gasteiger charge is 2.42. The topological polar surface area (TPSA) is 42.4 Å². The Morgan fingerprint density at radius 3 is 2.65 bits per heavy atom. The van der Waals surface area contributed by atoms with Gasteiger partial charge in [0.25, 0.3) is 0 Å². The molecule has 1 amide bonds. The Hall–Kier alpha value is -0.723. The van der Waals surface area contributed by atoms with Gasteiger partial charge in [-0.1, -0.05) is 20.8 Å². The largest absolute Gasteiger partial charge is 0.410 e. The zero-order chi connectivity index (χ0) is 17.3. The first-order chi connectivity index (χ1) is 10.6. The lowest BCUT2D eigenvalue weighted by Crippen LogP contribution is -2.49. The van der Waals surface area contributed by atoms with E-state index in [0.29, 0.717) is 22.7 Å². The third-order valence-corrected chi connectivity index (χ3v) is 5.54. The predicted octanol–water partition coefficient (Wildman–Crippen LogP) is 3.97. The summed E-state index contributed by atoms with van der Waals surface area (Å²) in [6.45, 7) is 11.3. The van der Waals surface area contributed by atoms with Gasteiger partial charge in [0, 0.05) is 29.8 Å². The summed E-state index contributed by atoms with van der Waals surface area (Å²) in [5.74, 6) is 0.200. The number of amides is 1. The smallest absolute Gasteiger partial charge is 0.236 e. The molecule has 6 heteroatoms. The van der Waals surface area contributed by atoms with E-state index >= 15 is 0 Å². The van der Waals surface area contributed by atoms with Crippen molar-refractivity contribution in [3.8, 4) is 0 Å². The maximum absolute atomic E-state index is 12.4. The van der Waals surface area contributed by atoms with Crippen LogP contribution in [0.15, 0.2) is 22.9 Å². The Labute approximate surface area is 150 Å². The molecule has 23 heavy (non-hydrogen) atoms. The number of carbonyl (C=O) groups excluding carboxylic acids is 1. The lowest BCUT2D eigenvalue weighted by atomic mass is 9.96. The molecule has 1 aromatic rings. The molecule has 0 saturated carbocycles. The summed E-state index contributed by atoms with van der Waals surface area (Å²) in [5.41, 5.74) is 0.686. The maximum atomic E-state index is 12.4. The molecule has 1 atom stereocenters. The maximum Gasteiger partial charge on any atom is 0.236 e. The van der Waals surface area contributed by atoms with Crippen LogP contribution >= 0.6 is 15.9 Å². The van der Waals surface area contributed by atoms with Gasteiger partial charge < -0.3 is 9.33 Å². The van der Waals surface area contributed by atoms with Gasteiger partial charge in [0.2, 0.25) is 15.7 Å². The van der Waals surface area contributed by atoms with Crippen LogP contribution < -0.4 is 0 Å². The van der Waals surface area contributed by atoms with Crippen LogP contribution in [0.1, 0.15) is 53.0 Å². The number of carbonyl (C=O) groups is 1. The first-order valence-electron chi connectivity index (χ1n) is 7.92. The van der Waals surface area contributed by atoms with Crippen LogP contribution in [0.5, 0.6) is 0 Å². The number of likely N-dealkylation sites (tertiary alicyclic amines) is 1. The Morgan fingerprint density at radius 2 is 2.04 bits per heavy atom. The first-order valence-corrected chi connectivity index (χ1v) is 9.63. The number of hydrogen-bond donors (Lipinski definition) is 0. The Balaban J connectivity index is 2.12. The van der Waals surface area contributed by atoms with Crippen LogP contribution in [-0.4, -0.2) is 37.2 Å². The molecule has 2 rings (SSSR count). The Morgan fingerprint density at radius 1 is 1.35 bits per heavy atom. The van der Waals surface area contributed by atoms with Gasteiger partial charge in [-0.05, 0) is 52.9 Å². The predicted molar refractivity (Wildman–Crippen MR) is 96.1 cm³/mol. The molecule has 126 valence electrons. The summed E-state index contributed by atoms with van der Waals surface area (Å²) >= 11 is 3.44. The molecular weight excluding hydrogens is 372 g/mol. The number of pyridine rings is 1. The van der Waals surface area contributed by atoms with Crippen molar-refractivity contribution >= 4 is 31.6 Å². The normalized spacial score (nSPS) is 19.5. The Bertz CT molecular complexity index is 572. The van der Waals surface area contributed by atoms with Crippen LogP contribution in [0, 0.1) is 0 Å². The second kappa shape index (κ2) is 7.03. The summed E-state index contributed by atoms with van der Waals surface area (Å²) in [6, 6.07) is 2.12. The standard InChI is InChI=1S/C17H25BrN2O2Si/c1-16(2,3)23-22-17(4,5)14-6-7-15(21)20(14)11-12-8-13(18)10-19-9-12/h8-10,14H,6-7,11H2,1-5H3. The fraction of sp³-hybridized carbons (Fsp3) is 0.647. The Kier molecular flexibility index (Phi) is 5.69. The summed E-state index contributed by atoms with van der Waals surface area (Å²) in [5, 5.41) is 0.138. The van der Waals surface area contributed by atoms with Crippen LogP contribution in [0.2, 0.25) is 5.04 Å². The molecule has 1 saturated heterocycles. The van der Waals surface area contributed by atoms with Gasteiger partial charge in [-0.25, -0.2) is 0 Å².